The molecular weight excluding hydrogens is 274 g/mol. The van der Waals surface area contributed by atoms with Crippen LogP contribution in [0.4, 0.5) is 5.69 Å². The Hall–Kier alpha value is -1.69. The molecule has 0 spiro atoms. The van der Waals surface area contributed by atoms with Crippen molar-refractivity contribution in [2.45, 2.75) is 11.8 Å². The Morgan fingerprint density at radius 3 is 2.45 bits per heavy atom. The molecule has 5 nitrogen and oxygen atoms in total. The number of nitrogens with zero attached hydrogens (tertiary/aromatic N) is 2. The van der Waals surface area contributed by atoms with E-state index in [2.05, 4.69) is 0 Å². The van der Waals surface area contributed by atoms with Crippen LogP contribution in [0.25, 0.3) is 0 Å². The third-order valence-corrected chi connectivity index (χ3v) is 4.28. The first kappa shape index (κ1) is 14.7. The van der Waals surface area contributed by atoms with Crippen LogP contribution in [0.5, 0.6) is 0 Å². The fraction of sp³-hybridized carbons (Fsp3) is 0.429. The van der Waals surface area contributed by atoms with E-state index in [1.807, 2.05) is 29.2 Å². The smallest absolute Gasteiger partial charge is 0.233 e. The van der Waals surface area contributed by atoms with Crippen molar-refractivity contribution in [2.24, 2.45) is 0 Å². The van der Waals surface area contributed by atoms with Gasteiger partial charge < -0.3 is 15.5 Å². The minimum atomic E-state index is 0.0752. The zero-order chi connectivity index (χ0) is 14.5. The monoisotopic (exact) mass is 293 g/mol. The molecule has 2 N–H and O–H groups in total. The second kappa shape index (κ2) is 6.65. The third-order valence-electron chi connectivity index (χ3n) is 3.30. The number of hydrogen-bond acceptors (Lipinski definition) is 4. The van der Waals surface area contributed by atoms with Gasteiger partial charge in [-0.3, -0.25) is 9.59 Å². The van der Waals surface area contributed by atoms with Crippen molar-refractivity contribution in [3.8, 4) is 0 Å². The van der Waals surface area contributed by atoms with Gasteiger partial charge in [-0.2, -0.15) is 0 Å². The lowest BCUT2D eigenvalue weighted by atomic mass is 10.3. The van der Waals surface area contributed by atoms with Gasteiger partial charge in [0.1, 0.15) is 0 Å². The van der Waals surface area contributed by atoms with Crippen molar-refractivity contribution in [2.75, 3.05) is 37.7 Å². The molecule has 0 bridgehead atoms. The maximum Gasteiger partial charge on any atom is 0.233 e. The van der Waals surface area contributed by atoms with Crippen LogP contribution in [-0.2, 0) is 9.59 Å². The second-order valence-corrected chi connectivity index (χ2v) is 5.80. The van der Waals surface area contributed by atoms with Crippen LogP contribution >= 0.6 is 11.8 Å². The summed E-state index contributed by atoms with van der Waals surface area (Å²) in [6, 6.07) is 7.52. The van der Waals surface area contributed by atoms with Gasteiger partial charge in [0.2, 0.25) is 11.8 Å². The molecule has 1 saturated heterocycles. The van der Waals surface area contributed by atoms with Crippen molar-refractivity contribution in [3.63, 3.8) is 0 Å². The molecule has 1 aromatic carbocycles. The van der Waals surface area contributed by atoms with Crippen molar-refractivity contribution < 1.29 is 9.59 Å². The maximum atomic E-state index is 12.1. The molecule has 1 aliphatic heterocycles. The van der Waals surface area contributed by atoms with E-state index >= 15 is 0 Å². The summed E-state index contributed by atoms with van der Waals surface area (Å²) in [6.07, 6.45) is 0. The zero-order valence-corrected chi connectivity index (χ0v) is 12.4. The number of carbonyl (C=O) groups excluding carboxylic acids is 2. The first-order valence-corrected chi connectivity index (χ1v) is 7.56. The average Bonchev–Trinajstić information content (AvgIpc) is 2.45. The van der Waals surface area contributed by atoms with E-state index < -0.39 is 0 Å². The van der Waals surface area contributed by atoms with Crippen molar-refractivity contribution in [1.82, 2.24) is 9.80 Å². The fourth-order valence-electron chi connectivity index (χ4n) is 2.11. The highest BCUT2D eigenvalue weighted by molar-refractivity contribution is 8.00. The minimum absolute atomic E-state index is 0.0752. The van der Waals surface area contributed by atoms with Gasteiger partial charge in [-0.25, -0.2) is 0 Å². The fourth-order valence-corrected chi connectivity index (χ4v) is 2.98. The molecule has 1 aliphatic rings. The number of benzene rings is 1. The summed E-state index contributed by atoms with van der Waals surface area (Å²) in [7, 11) is 0. The Balaban J connectivity index is 1.80. The van der Waals surface area contributed by atoms with Crippen molar-refractivity contribution >= 4 is 29.3 Å². The molecule has 0 unspecified atom stereocenters. The molecule has 1 fully saturated rings. The van der Waals surface area contributed by atoms with Gasteiger partial charge in [-0.1, -0.05) is 6.07 Å². The summed E-state index contributed by atoms with van der Waals surface area (Å²) < 4.78 is 0. The van der Waals surface area contributed by atoms with E-state index in [-0.39, 0.29) is 11.8 Å². The van der Waals surface area contributed by atoms with Crippen LogP contribution in [0, 0.1) is 0 Å². The summed E-state index contributed by atoms with van der Waals surface area (Å²) >= 11 is 1.49. The summed E-state index contributed by atoms with van der Waals surface area (Å²) in [4.78, 5) is 27.9. The highest BCUT2D eigenvalue weighted by Crippen LogP contribution is 2.20. The van der Waals surface area contributed by atoms with E-state index in [1.54, 1.807) is 11.8 Å². The first-order valence-electron chi connectivity index (χ1n) is 6.58. The Morgan fingerprint density at radius 1 is 1.20 bits per heavy atom. The lowest BCUT2D eigenvalue weighted by molar-refractivity contribution is -0.136. The van der Waals surface area contributed by atoms with Crippen molar-refractivity contribution in [3.05, 3.63) is 24.3 Å². The number of hydrogen-bond donors (Lipinski definition) is 1. The third kappa shape index (κ3) is 3.90. The van der Waals surface area contributed by atoms with Crippen LogP contribution in [0.1, 0.15) is 6.92 Å². The number of piperazine rings is 1. The van der Waals surface area contributed by atoms with Crippen LogP contribution in [0.3, 0.4) is 0 Å². The van der Waals surface area contributed by atoms with Crippen molar-refractivity contribution in [1.29, 1.82) is 0 Å². The number of amides is 2. The molecule has 1 heterocycles. The standard InChI is InChI=1S/C14H19N3O2S/c1-11(18)16-5-7-17(8-6-16)14(19)10-20-13-4-2-3-12(15)9-13/h2-4,9H,5-8,10,15H2,1H3. The molecule has 6 heteroatoms. The summed E-state index contributed by atoms with van der Waals surface area (Å²) in [6.45, 7) is 4.06. The van der Waals surface area contributed by atoms with E-state index in [1.165, 1.54) is 11.8 Å². The summed E-state index contributed by atoms with van der Waals surface area (Å²) in [5.41, 5.74) is 6.41. The van der Waals surface area contributed by atoms with Gasteiger partial charge >= 0.3 is 0 Å². The van der Waals surface area contributed by atoms with Crippen LogP contribution in [0.15, 0.2) is 29.2 Å². The highest BCUT2D eigenvalue weighted by atomic mass is 32.2. The Morgan fingerprint density at radius 2 is 1.85 bits per heavy atom. The molecule has 108 valence electrons. The molecular formula is C14H19N3O2S. The molecule has 0 aliphatic carbocycles. The molecule has 2 amide bonds. The molecule has 0 radical (unpaired) electrons. The highest BCUT2D eigenvalue weighted by Gasteiger charge is 2.22. The Labute approximate surface area is 123 Å². The Bertz CT molecular complexity index is 499. The number of rotatable bonds is 3. The van der Waals surface area contributed by atoms with E-state index in [0.29, 0.717) is 37.6 Å². The maximum absolute atomic E-state index is 12.1. The minimum Gasteiger partial charge on any atom is -0.399 e. The van der Waals surface area contributed by atoms with E-state index in [0.717, 1.165) is 4.90 Å². The van der Waals surface area contributed by atoms with Gasteiger partial charge in [-0.15, -0.1) is 11.8 Å². The lowest BCUT2D eigenvalue weighted by Crippen LogP contribution is -2.50. The second-order valence-electron chi connectivity index (χ2n) is 4.75. The predicted octanol–water partition coefficient (Wildman–Crippen LogP) is 1.05. The molecule has 1 aromatic rings. The summed E-state index contributed by atoms with van der Waals surface area (Å²) in [5.74, 6) is 0.593. The molecule has 2 rings (SSSR count). The van der Waals surface area contributed by atoms with Gasteiger partial charge in [-0.05, 0) is 18.2 Å². The lowest BCUT2D eigenvalue weighted by Gasteiger charge is -2.34. The van der Waals surface area contributed by atoms with Gasteiger partial charge in [0.05, 0.1) is 5.75 Å². The average molecular weight is 293 g/mol. The van der Waals surface area contributed by atoms with Crippen LogP contribution < -0.4 is 5.73 Å². The molecule has 0 saturated carbocycles. The number of anilines is 1. The largest absolute Gasteiger partial charge is 0.399 e. The van der Waals surface area contributed by atoms with E-state index in [4.69, 9.17) is 5.73 Å². The zero-order valence-electron chi connectivity index (χ0n) is 11.5. The summed E-state index contributed by atoms with van der Waals surface area (Å²) in [5, 5.41) is 0. The van der Waals surface area contributed by atoms with Crippen LogP contribution in [0.2, 0.25) is 0 Å². The Kier molecular flexibility index (Phi) is 4.89. The van der Waals surface area contributed by atoms with E-state index in [9.17, 15) is 9.59 Å². The quantitative estimate of drug-likeness (QED) is 0.668. The number of nitrogen functional groups attached to an aromatic ring is 1. The molecule has 20 heavy (non-hydrogen) atoms. The SMILES string of the molecule is CC(=O)N1CCN(C(=O)CSc2cccc(N)c2)CC1. The van der Waals surface area contributed by atoms with Gasteiger partial charge in [0.15, 0.2) is 0 Å². The number of carbonyl (C=O) groups is 2. The predicted molar refractivity (Wildman–Crippen MR) is 80.4 cm³/mol. The van der Waals surface area contributed by atoms with Crippen LogP contribution in [-0.4, -0.2) is 53.5 Å². The normalized spacial score (nSPS) is 15.2. The van der Waals surface area contributed by atoms with Gasteiger partial charge in [0, 0.05) is 43.7 Å². The molecule has 0 atom stereocenters. The number of nitrogens with two attached hydrogens (primary N) is 1. The molecule has 0 aromatic heterocycles. The first-order chi connectivity index (χ1) is 9.56. The topological polar surface area (TPSA) is 66.6 Å². The number of thioether (sulfide) groups is 1. The van der Waals surface area contributed by atoms with Gasteiger partial charge in [0.25, 0.3) is 0 Å².